The summed E-state index contributed by atoms with van der Waals surface area (Å²) in [6.07, 6.45) is 5.69. The van der Waals surface area contributed by atoms with E-state index in [2.05, 4.69) is 22.3 Å². The first-order valence-electron chi connectivity index (χ1n) is 14.7. The molecule has 0 spiro atoms. The maximum absolute atomic E-state index is 13.1. The van der Waals surface area contributed by atoms with Crippen LogP contribution in [0, 0.1) is 11.8 Å². The maximum atomic E-state index is 13.1. The first-order chi connectivity index (χ1) is 19.0. The van der Waals surface area contributed by atoms with Gasteiger partial charge in [-0.15, -0.1) is 0 Å². The molecule has 40 heavy (non-hydrogen) atoms. The number of aromatic nitrogens is 2. The lowest BCUT2D eigenvalue weighted by Crippen LogP contribution is -2.44. The van der Waals surface area contributed by atoms with Gasteiger partial charge in [0.25, 0.3) is 0 Å². The number of amides is 3. The van der Waals surface area contributed by atoms with E-state index in [1.807, 2.05) is 31.7 Å². The lowest BCUT2D eigenvalue weighted by atomic mass is 9.89. The topological polar surface area (TPSA) is 106 Å². The molecule has 5 rings (SSSR count). The zero-order valence-electron chi connectivity index (χ0n) is 24.3. The highest BCUT2D eigenvalue weighted by atomic mass is 16.6. The SMILES string of the molecule is Cn1c(=O)n(C2CCC(=O)NC2=O)c2ccc(CC3CCN(CC4CCN(C(=O)OC(C)(C)C)CC4)CC3)cc21. The van der Waals surface area contributed by atoms with Gasteiger partial charge in [-0.2, -0.15) is 0 Å². The number of ether oxygens (including phenoxy) is 1. The Labute approximate surface area is 235 Å². The van der Waals surface area contributed by atoms with Crippen molar-refractivity contribution < 1.29 is 19.1 Å². The third-order valence-corrected chi connectivity index (χ3v) is 8.69. The van der Waals surface area contributed by atoms with E-state index in [9.17, 15) is 19.2 Å². The standard InChI is InChI=1S/C30H43N5O5/c1-30(2,3)40-29(39)34-15-11-21(12-16-34)19-33-13-9-20(10-14-33)17-22-5-6-23-25(18-22)32(4)28(38)35(23)24-7-8-26(36)31-27(24)37/h5-6,18,20-21,24H,7-17,19H2,1-4H3,(H,31,36,37). The van der Waals surface area contributed by atoms with E-state index in [1.165, 1.54) is 10.1 Å². The molecule has 1 N–H and O–H groups in total. The Balaban J connectivity index is 1.13. The second-order valence-corrected chi connectivity index (χ2v) is 12.9. The molecule has 1 atom stereocenters. The largest absolute Gasteiger partial charge is 0.444 e. The van der Waals surface area contributed by atoms with Crippen molar-refractivity contribution in [2.24, 2.45) is 18.9 Å². The first-order valence-corrected chi connectivity index (χ1v) is 14.7. The van der Waals surface area contributed by atoms with Gasteiger partial charge in [-0.3, -0.25) is 24.0 Å². The van der Waals surface area contributed by atoms with Gasteiger partial charge in [-0.25, -0.2) is 9.59 Å². The molecule has 3 aliphatic rings. The summed E-state index contributed by atoms with van der Waals surface area (Å²) in [6, 6.07) is 5.46. The average molecular weight is 554 g/mol. The predicted molar refractivity (Wildman–Crippen MR) is 152 cm³/mol. The van der Waals surface area contributed by atoms with E-state index in [-0.39, 0.29) is 24.1 Å². The van der Waals surface area contributed by atoms with Crippen LogP contribution in [0.1, 0.15) is 70.9 Å². The molecular formula is C30H43N5O5. The summed E-state index contributed by atoms with van der Waals surface area (Å²) in [5.74, 6) is 0.519. The van der Waals surface area contributed by atoms with Gasteiger partial charge in [0.15, 0.2) is 0 Å². The number of imidazole rings is 1. The molecule has 1 aromatic heterocycles. The first kappa shape index (κ1) is 28.4. The second kappa shape index (κ2) is 11.4. The summed E-state index contributed by atoms with van der Waals surface area (Å²) in [5, 5.41) is 2.37. The molecule has 0 aliphatic carbocycles. The summed E-state index contributed by atoms with van der Waals surface area (Å²) in [7, 11) is 1.74. The van der Waals surface area contributed by atoms with Gasteiger partial charge in [-0.1, -0.05) is 6.07 Å². The summed E-state index contributed by atoms with van der Waals surface area (Å²) in [6.45, 7) is 10.5. The minimum Gasteiger partial charge on any atom is -0.444 e. The van der Waals surface area contributed by atoms with Gasteiger partial charge in [-0.05, 0) is 102 Å². The number of rotatable bonds is 5. The maximum Gasteiger partial charge on any atom is 0.410 e. The van der Waals surface area contributed by atoms with Gasteiger partial charge >= 0.3 is 11.8 Å². The van der Waals surface area contributed by atoms with Gasteiger partial charge in [0, 0.05) is 33.1 Å². The fourth-order valence-electron chi connectivity index (χ4n) is 6.46. The van der Waals surface area contributed by atoms with Crippen LogP contribution in [0.15, 0.2) is 23.0 Å². The van der Waals surface area contributed by atoms with Crippen molar-refractivity contribution in [1.82, 2.24) is 24.3 Å². The summed E-state index contributed by atoms with van der Waals surface area (Å²) in [5.41, 5.74) is 2.07. The molecule has 1 aromatic carbocycles. The number of benzene rings is 1. The van der Waals surface area contributed by atoms with Gasteiger partial charge in [0.1, 0.15) is 11.6 Å². The number of carbonyl (C=O) groups is 3. The molecule has 0 radical (unpaired) electrons. The minimum atomic E-state index is -0.659. The van der Waals surface area contributed by atoms with Crippen LogP contribution >= 0.6 is 0 Å². The number of fused-ring (bicyclic) bond motifs is 1. The van der Waals surface area contributed by atoms with Crippen molar-refractivity contribution in [3.8, 4) is 0 Å². The molecule has 3 amide bonds. The van der Waals surface area contributed by atoms with Crippen LogP contribution in [-0.2, 0) is 27.8 Å². The molecule has 218 valence electrons. The summed E-state index contributed by atoms with van der Waals surface area (Å²) >= 11 is 0. The second-order valence-electron chi connectivity index (χ2n) is 12.9. The molecule has 2 aromatic rings. The predicted octanol–water partition coefficient (Wildman–Crippen LogP) is 3.22. The number of hydrogen-bond donors (Lipinski definition) is 1. The molecule has 1 unspecified atom stereocenters. The van der Waals surface area contributed by atoms with Crippen molar-refractivity contribution in [3.63, 3.8) is 0 Å². The van der Waals surface area contributed by atoms with Crippen LogP contribution in [0.4, 0.5) is 4.79 Å². The highest BCUT2D eigenvalue weighted by Crippen LogP contribution is 2.28. The van der Waals surface area contributed by atoms with Crippen LogP contribution in [0.3, 0.4) is 0 Å². The van der Waals surface area contributed by atoms with E-state index < -0.39 is 17.6 Å². The number of aryl methyl sites for hydroxylation is 1. The summed E-state index contributed by atoms with van der Waals surface area (Å²) < 4.78 is 8.68. The molecular weight excluding hydrogens is 510 g/mol. The molecule has 10 heteroatoms. The lowest BCUT2D eigenvalue weighted by molar-refractivity contribution is -0.135. The smallest absolute Gasteiger partial charge is 0.410 e. The van der Waals surface area contributed by atoms with Crippen molar-refractivity contribution in [1.29, 1.82) is 0 Å². The van der Waals surface area contributed by atoms with E-state index in [1.54, 1.807) is 11.6 Å². The third-order valence-electron chi connectivity index (χ3n) is 8.69. The molecule has 4 heterocycles. The highest BCUT2D eigenvalue weighted by molar-refractivity contribution is 6.00. The number of carbonyl (C=O) groups excluding carboxylic acids is 3. The zero-order chi connectivity index (χ0) is 28.6. The Morgan fingerprint density at radius 1 is 0.950 bits per heavy atom. The number of hydrogen-bond acceptors (Lipinski definition) is 6. The molecule has 3 saturated heterocycles. The summed E-state index contributed by atoms with van der Waals surface area (Å²) in [4.78, 5) is 53.9. The Morgan fingerprint density at radius 3 is 2.27 bits per heavy atom. The number of nitrogens with one attached hydrogen (secondary N) is 1. The molecule has 0 saturated carbocycles. The van der Waals surface area contributed by atoms with Crippen LogP contribution in [0.2, 0.25) is 0 Å². The van der Waals surface area contributed by atoms with Crippen LogP contribution < -0.4 is 11.0 Å². The third kappa shape index (κ3) is 6.27. The normalized spacial score (nSPS) is 22.1. The number of nitrogens with zero attached hydrogens (tertiary/aromatic N) is 4. The van der Waals surface area contributed by atoms with E-state index in [0.29, 0.717) is 18.3 Å². The van der Waals surface area contributed by atoms with E-state index in [0.717, 1.165) is 75.9 Å². The van der Waals surface area contributed by atoms with E-state index >= 15 is 0 Å². The number of piperidine rings is 3. The quantitative estimate of drug-likeness (QED) is 0.570. The van der Waals surface area contributed by atoms with E-state index in [4.69, 9.17) is 4.74 Å². The van der Waals surface area contributed by atoms with Gasteiger partial charge < -0.3 is 14.5 Å². The fraction of sp³-hybridized carbons (Fsp3) is 0.667. The van der Waals surface area contributed by atoms with Crippen molar-refractivity contribution in [3.05, 3.63) is 34.2 Å². The lowest BCUT2D eigenvalue weighted by Gasteiger charge is -2.38. The Morgan fingerprint density at radius 2 is 1.62 bits per heavy atom. The zero-order valence-corrected chi connectivity index (χ0v) is 24.3. The van der Waals surface area contributed by atoms with Crippen molar-refractivity contribution in [2.45, 2.75) is 77.4 Å². The Hall–Kier alpha value is -3.14. The Kier molecular flexibility index (Phi) is 8.08. The van der Waals surface area contributed by atoms with Crippen LogP contribution in [0.5, 0.6) is 0 Å². The number of likely N-dealkylation sites (tertiary alicyclic amines) is 2. The monoisotopic (exact) mass is 553 g/mol. The van der Waals surface area contributed by atoms with Crippen LogP contribution in [-0.4, -0.2) is 75.2 Å². The van der Waals surface area contributed by atoms with Crippen LogP contribution in [0.25, 0.3) is 11.0 Å². The molecule has 10 nitrogen and oxygen atoms in total. The van der Waals surface area contributed by atoms with Crippen molar-refractivity contribution in [2.75, 3.05) is 32.7 Å². The molecule has 0 bridgehead atoms. The average Bonchev–Trinajstić information content (AvgIpc) is 3.14. The minimum absolute atomic E-state index is 0.197. The fourth-order valence-corrected chi connectivity index (χ4v) is 6.46. The number of imide groups is 1. The Bertz CT molecular complexity index is 1320. The van der Waals surface area contributed by atoms with Gasteiger partial charge in [0.2, 0.25) is 11.8 Å². The van der Waals surface area contributed by atoms with Gasteiger partial charge in [0.05, 0.1) is 11.0 Å². The molecule has 3 fully saturated rings. The molecule has 3 aliphatic heterocycles. The highest BCUT2D eigenvalue weighted by Gasteiger charge is 2.32. The van der Waals surface area contributed by atoms with Crippen molar-refractivity contribution >= 4 is 28.9 Å².